The minimum absolute atomic E-state index is 0.0272. The second-order valence-corrected chi connectivity index (χ2v) is 9.88. The van der Waals surface area contributed by atoms with Crippen molar-refractivity contribution in [3.8, 4) is 22.8 Å². The summed E-state index contributed by atoms with van der Waals surface area (Å²) in [6.45, 7) is 8.94. The zero-order valence-electron chi connectivity index (χ0n) is 21.0. The molecule has 35 heavy (non-hydrogen) atoms. The van der Waals surface area contributed by atoms with Crippen molar-refractivity contribution in [2.24, 2.45) is 10.6 Å². The number of nitrogens with one attached hydrogen (secondary N) is 1. The first kappa shape index (κ1) is 26.1. The number of aromatic nitrogens is 1. The van der Waals surface area contributed by atoms with E-state index in [-0.39, 0.29) is 22.9 Å². The third-order valence-electron chi connectivity index (χ3n) is 6.26. The second kappa shape index (κ2) is 10.8. The van der Waals surface area contributed by atoms with Crippen molar-refractivity contribution in [2.45, 2.75) is 59.4 Å². The topological polar surface area (TPSA) is 116 Å². The van der Waals surface area contributed by atoms with Crippen LogP contribution < -0.4 is 20.2 Å². The Bertz CT molecular complexity index is 1180. The lowest BCUT2D eigenvalue weighted by Gasteiger charge is -2.39. The standard InChI is InChI=1S/C26H33N3O6/c1-16(30)27-9-7-6-8-10-35-23-11-17-12-24(26(2,3)4)29-15-19(25(32)28-33)21(31)14-20(29)18(17)13-22(23)34-5/h11,13-15,24H,6-10,12H2,1-5H3,(H,27,30). The van der Waals surface area contributed by atoms with Gasteiger partial charge in [0.25, 0.3) is 0 Å². The molecule has 0 bridgehead atoms. The fraction of sp³-hybridized carbons (Fsp3) is 0.500. The molecule has 2 heterocycles. The highest BCUT2D eigenvalue weighted by atomic mass is 16.5. The molecule has 188 valence electrons. The van der Waals surface area contributed by atoms with Crippen LogP contribution in [0.2, 0.25) is 0 Å². The molecule has 1 aliphatic heterocycles. The number of benzene rings is 1. The number of hydrogen-bond acceptors (Lipinski definition) is 6. The van der Waals surface area contributed by atoms with Gasteiger partial charge in [-0.2, -0.15) is 0 Å². The first-order valence-corrected chi connectivity index (χ1v) is 11.8. The van der Waals surface area contributed by atoms with Crippen LogP contribution in [0.1, 0.15) is 68.9 Å². The Kier molecular flexibility index (Phi) is 8.09. The van der Waals surface area contributed by atoms with Gasteiger partial charge in [0, 0.05) is 42.5 Å². The molecule has 0 saturated heterocycles. The Labute approximate surface area is 204 Å². The molecular weight excluding hydrogens is 450 g/mol. The number of ether oxygens (including phenoxy) is 2. The van der Waals surface area contributed by atoms with Crippen molar-refractivity contribution in [3.63, 3.8) is 0 Å². The number of unbranched alkanes of at least 4 members (excludes halogenated alkanes) is 2. The third kappa shape index (κ3) is 5.96. The van der Waals surface area contributed by atoms with E-state index in [0.717, 1.165) is 30.4 Å². The van der Waals surface area contributed by atoms with E-state index in [1.54, 1.807) is 7.11 Å². The maximum atomic E-state index is 12.7. The summed E-state index contributed by atoms with van der Waals surface area (Å²) in [7, 11) is 1.56. The van der Waals surface area contributed by atoms with Crippen molar-refractivity contribution in [3.05, 3.63) is 50.7 Å². The molecule has 1 atom stereocenters. The molecule has 2 aromatic rings. The summed E-state index contributed by atoms with van der Waals surface area (Å²) in [6.07, 6.45) is 4.75. The van der Waals surface area contributed by atoms with Gasteiger partial charge in [-0.1, -0.05) is 20.8 Å². The number of amides is 2. The predicted molar refractivity (Wildman–Crippen MR) is 133 cm³/mol. The smallest absolute Gasteiger partial charge is 0.322 e. The Hall–Kier alpha value is -3.49. The quantitative estimate of drug-likeness (QED) is 0.421. The van der Waals surface area contributed by atoms with Gasteiger partial charge in [-0.3, -0.25) is 14.4 Å². The average Bonchev–Trinajstić information content (AvgIpc) is 2.80. The van der Waals surface area contributed by atoms with E-state index >= 15 is 0 Å². The van der Waals surface area contributed by atoms with Crippen molar-refractivity contribution < 1.29 is 19.1 Å². The molecule has 9 heteroatoms. The van der Waals surface area contributed by atoms with Gasteiger partial charge in [0.1, 0.15) is 5.56 Å². The van der Waals surface area contributed by atoms with E-state index in [4.69, 9.17) is 9.47 Å². The lowest BCUT2D eigenvalue weighted by molar-refractivity contribution is -0.118. The normalized spacial score (nSPS) is 14.5. The zero-order chi connectivity index (χ0) is 25.8. The molecule has 1 aromatic carbocycles. The number of fused-ring (bicyclic) bond motifs is 3. The molecule has 1 aromatic heterocycles. The summed E-state index contributed by atoms with van der Waals surface area (Å²) in [5, 5.41) is 5.23. The van der Waals surface area contributed by atoms with Gasteiger partial charge < -0.3 is 19.4 Å². The van der Waals surface area contributed by atoms with Crippen LogP contribution in [-0.2, 0) is 11.2 Å². The van der Waals surface area contributed by atoms with Gasteiger partial charge in [-0.15, -0.1) is 4.91 Å². The monoisotopic (exact) mass is 483 g/mol. The van der Waals surface area contributed by atoms with Gasteiger partial charge in [0.15, 0.2) is 16.9 Å². The van der Waals surface area contributed by atoms with Crippen molar-refractivity contribution in [2.75, 3.05) is 20.3 Å². The summed E-state index contributed by atoms with van der Waals surface area (Å²) in [5.41, 5.74) is 1.51. The van der Waals surface area contributed by atoms with Crippen molar-refractivity contribution >= 4 is 11.8 Å². The Morgan fingerprint density at radius 1 is 1.14 bits per heavy atom. The number of pyridine rings is 1. The second-order valence-electron chi connectivity index (χ2n) is 9.88. The summed E-state index contributed by atoms with van der Waals surface area (Å²) >= 11 is 0. The number of methoxy groups -OCH3 is 1. The van der Waals surface area contributed by atoms with Gasteiger partial charge in [0.2, 0.25) is 5.91 Å². The van der Waals surface area contributed by atoms with E-state index in [2.05, 4.69) is 31.3 Å². The van der Waals surface area contributed by atoms with Crippen LogP contribution in [0.25, 0.3) is 11.3 Å². The Morgan fingerprint density at radius 3 is 2.51 bits per heavy atom. The van der Waals surface area contributed by atoms with Gasteiger partial charge in [-0.05, 0) is 48.8 Å². The molecule has 0 aliphatic carbocycles. The van der Waals surface area contributed by atoms with E-state index in [1.165, 1.54) is 19.2 Å². The maximum Gasteiger partial charge on any atom is 0.322 e. The summed E-state index contributed by atoms with van der Waals surface area (Å²) in [4.78, 5) is 46.3. The summed E-state index contributed by atoms with van der Waals surface area (Å²) in [6, 6.07) is 5.14. The van der Waals surface area contributed by atoms with Crippen LogP contribution in [0.4, 0.5) is 0 Å². The number of rotatable bonds is 9. The molecule has 1 unspecified atom stereocenters. The SMILES string of the molecule is COc1cc2c(cc1OCCCCCNC(C)=O)CC(C(C)(C)C)n1cc(C(=O)N=O)c(=O)cc1-2. The molecule has 9 nitrogen and oxygen atoms in total. The predicted octanol–water partition coefficient (Wildman–Crippen LogP) is 4.26. The molecule has 0 saturated carbocycles. The largest absolute Gasteiger partial charge is 0.493 e. The highest BCUT2D eigenvalue weighted by Crippen LogP contribution is 2.45. The highest BCUT2D eigenvalue weighted by Gasteiger charge is 2.34. The molecular formula is C26H33N3O6. The molecule has 1 N–H and O–H groups in total. The fourth-order valence-electron chi connectivity index (χ4n) is 4.40. The zero-order valence-corrected chi connectivity index (χ0v) is 21.0. The molecule has 3 rings (SSSR count). The third-order valence-corrected chi connectivity index (χ3v) is 6.26. The Morgan fingerprint density at radius 2 is 1.89 bits per heavy atom. The minimum atomic E-state index is -1.07. The van der Waals surface area contributed by atoms with Crippen LogP contribution in [0.5, 0.6) is 11.5 Å². The van der Waals surface area contributed by atoms with Crippen LogP contribution in [-0.4, -0.2) is 36.6 Å². The van der Waals surface area contributed by atoms with Crippen LogP contribution in [0.3, 0.4) is 0 Å². The number of nitrogens with zero attached hydrogens (tertiary/aromatic N) is 2. The van der Waals surface area contributed by atoms with Gasteiger partial charge in [0.05, 0.1) is 19.4 Å². The Balaban J connectivity index is 1.92. The van der Waals surface area contributed by atoms with Crippen LogP contribution >= 0.6 is 0 Å². The van der Waals surface area contributed by atoms with Gasteiger partial charge in [-0.25, -0.2) is 0 Å². The first-order valence-electron chi connectivity index (χ1n) is 11.8. The molecule has 1 aliphatic rings. The van der Waals surface area contributed by atoms with Crippen molar-refractivity contribution in [1.29, 1.82) is 0 Å². The summed E-state index contributed by atoms with van der Waals surface area (Å²) in [5.74, 6) is 0.0845. The number of carbonyl (C=O) groups is 2. The van der Waals surface area contributed by atoms with E-state index in [0.29, 0.717) is 36.8 Å². The maximum absolute atomic E-state index is 12.7. The van der Waals surface area contributed by atoms with E-state index in [9.17, 15) is 19.3 Å². The number of carbonyl (C=O) groups excluding carboxylic acids is 2. The average molecular weight is 484 g/mol. The lowest BCUT2D eigenvalue weighted by Crippen LogP contribution is -2.32. The fourth-order valence-corrected chi connectivity index (χ4v) is 4.40. The molecule has 2 amide bonds. The van der Waals surface area contributed by atoms with Crippen molar-refractivity contribution in [1.82, 2.24) is 9.88 Å². The molecule has 0 fully saturated rings. The minimum Gasteiger partial charge on any atom is -0.493 e. The van der Waals surface area contributed by atoms with Gasteiger partial charge >= 0.3 is 5.91 Å². The highest BCUT2D eigenvalue weighted by molar-refractivity contribution is 5.94. The number of nitroso groups, excluding NO2 is 1. The number of hydrogen-bond donors (Lipinski definition) is 1. The lowest BCUT2D eigenvalue weighted by atomic mass is 9.78. The first-order chi connectivity index (χ1) is 16.6. The van der Waals surface area contributed by atoms with E-state index < -0.39 is 11.3 Å². The summed E-state index contributed by atoms with van der Waals surface area (Å²) < 4.78 is 13.5. The van der Waals surface area contributed by atoms with E-state index in [1.807, 2.05) is 16.7 Å². The van der Waals surface area contributed by atoms with Crippen LogP contribution in [0, 0.1) is 10.3 Å². The molecule has 0 radical (unpaired) electrons. The molecule has 0 spiro atoms. The van der Waals surface area contributed by atoms with Crippen LogP contribution in [0.15, 0.2) is 34.4 Å².